The molecule has 0 aliphatic heterocycles. The van der Waals surface area contributed by atoms with Crippen LogP contribution in [0, 0.1) is 10.8 Å². The van der Waals surface area contributed by atoms with Crippen LogP contribution in [0.1, 0.15) is 13.3 Å². The molecule has 0 spiro atoms. The molecule has 0 heterocycles. The molecule has 1 nitrogen and oxygen atoms in total. The summed E-state index contributed by atoms with van der Waals surface area (Å²) in [5, 5.41) is 8.65. The Morgan fingerprint density at radius 2 is 2.43 bits per heavy atom. The monoisotopic (exact) mass is 162 g/mol. The first-order valence-electron chi connectivity index (χ1n) is 2.10. The quantitative estimate of drug-likeness (QED) is 0.574. The number of rotatable bonds is 1. The predicted molar refractivity (Wildman–Crippen MR) is 33.0 cm³/mol. The summed E-state index contributed by atoms with van der Waals surface area (Å²) in [4.78, 5) is 2.43. The molecular formula is C5H7BrO. The van der Waals surface area contributed by atoms with Crippen LogP contribution in [-0.2, 0) is 0 Å². The van der Waals surface area contributed by atoms with Crippen molar-refractivity contribution in [3.8, 4) is 10.8 Å². The molecule has 0 rings (SSSR count). The van der Waals surface area contributed by atoms with E-state index in [0.29, 0.717) is 6.42 Å². The van der Waals surface area contributed by atoms with E-state index in [2.05, 4.69) is 26.7 Å². The fourth-order valence-corrected chi connectivity index (χ4v) is 0.429. The van der Waals surface area contributed by atoms with Crippen LogP contribution < -0.4 is 0 Å². The average Bonchev–Trinajstić information content (AvgIpc) is 1.68. The second kappa shape index (κ2) is 4.17. The second-order valence-electron chi connectivity index (χ2n) is 1.16. The van der Waals surface area contributed by atoms with E-state index in [9.17, 15) is 0 Å². The third-order valence-electron chi connectivity index (χ3n) is 0.608. The fraction of sp³-hybridized carbons (Fsp3) is 0.600. The molecule has 0 fully saturated rings. The first-order chi connectivity index (χ1) is 3.31. The van der Waals surface area contributed by atoms with Crippen molar-refractivity contribution in [3.05, 3.63) is 0 Å². The van der Waals surface area contributed by atoms with Gasteiger partial charge in [-0.05, 0) is 11.3 Å². The first-order valence-corrected chi connectivity index (χ1v) is 2.89. The summed E-state index contributed by atoms with van der Waals surface area (Å²) in [6.45, 7) is 1.88. The van der Waals surface area contributed by atoms with Gasteiger partial charge in [0.05, 0.1) is 0 Å². The van der Waals surface area contributed by atoms with E-state index in [1.165, 1.54) is 0 Å². The Kier molecular flexibility index (Phi) is 4.17. The highest BCUT2D eigenvalue weighted by molar-refractivity contribution is 9.12. The van der Waals surface area contributed by atoms with Crippen LogP contribution in [0.15, 0.2) is 0 Å². The minimum absolute atomic E-state index is 0.459. The molecule has 1 N–H and O–H groups in total. The molecule has 7 heavy (non-hydrogen) atoms. The summed E-state index contributed by atoms with van der Waals surface area (Å²) in [5.41, 5.74) is 0. The van der Waals surface area contributed by atoms with Gasteiger partial charge in [-0.15, -0.1) is 0 Å². The molecule has 0 aliphatic rings. The molecule has 1 atom stereocenters. The SMILES string of the molecule is CC[C@H](O)C#CBr. The van der Waals surface area contributed by atoms with Crippen LogP contribution in [-0.4, -0.2) is 11.2 Å². The molecule has 0 unspecified atom stereocenters. The molecule has 0 saturated carbocycles. The number of halogens is 1. The Labute approximate surface area is 51.9 Å². The van der Waals surface area contributed by atoms with Crippen LogP contribution in [0.2, 0.25) is 0 Å². The minimum atomic E-state index is -0.459. The summed E-state index contributed by atoms with van der Waals surface area (Å²) in [6, 6.07) is 0. The lowest BCUT2D eigenvalue weighted by Gasteiger charge is -1.91. The molecule has 0 bridgehead atoms. The topological polar surface area (TPSA) is 20.2 Å². The second-order valence-corrected chi connectivity index (χ2v) is 1.56. The van der Waals surface area contributed by atoms with Gasteiger partial charge in [-0.3, -0.25) is 0 Å². The van der Waals surface area contributed by atoms with Gasteiger partial charge < -0.3 is 5.11 Å². The largest absolute Gasteiger partial charge is 0.380 e. The van der Waals surface area contributed by atoms with Crippen LogP contribution in [0.4, 0.5) is 0 Å². The van der Waals surface area contributed by atoms with Gasteiger partial charge in [-0.1, -0.05) is 12.8 Å². The molecule has 0 aromatic carbocycles. The number of hydrogen-bond acceptors (Lipinski definition) is 1. The highest BCUT2D eigenvalue weighted by Gasteiger charge is 1.88. The van der Waals surface area contributed by atoms with Gasteiger partial charge in [0.25, 0.3) is 0 Å². The number of hydrogen-bond donors (Lipinski definition) is 1. The zero-order valence-corrected chi connectivity index (χ0v) is 5.70. The Bertz CT molecular complexity index is 90.0. The smallest absolute Gasteiger partial charge is 0.115 e. The Hall–Kier alpha value is 0. The van der Waals surface area contributed by atoms with E-state index in [4.69, 9.17) is 5.11 Å². The summed E-state index contributed by atoms with van der Waals surface area (Å²) < 4.78 is 0. The summed E-state index contributed by atoms with van der Waals surface area (Å²) in [7, 11) is 0. The maximum absolute atomic E-state index is 8.65. The van der Waals surface area contributed by atoms with Gasteiger partial charge in [-0.2, -0.15) is 0 Å². The maximum atomic E-state index is 8.65. The summed E-state index contributed by atoms with van der Waals surface area (Å²) in [5.74, 6) is 2.52. The fourth-order valence-electron chi connectivity index (χ4n) is 0.165. The van der Waals surface area contributed by atoms with Crippen molar-refractivity contribution in [1.29, 1.82) is 0 Å². The molecule has 0 aromatic rings. The van der Waals surface area contributed by atoms with Crippen molar-refractivity contribution in [2.45, 2.75) is 19.4 Å². The Balaban J connectivity index is 3.29. The van der Waals surface area contributed by atoms with E-state index in [-0.39, 0.29) is 0 Å². The molecule has 0 saturated heterocycles. The van der Waals surface area contributed by atoms with Crippen molar-refractivity contribution in [3.63, 3.8) is 0 Å². The van der Waals surface area contributed by atoms with Gasteiger partial charge >= 0.3 is 0 Å². The van der Waals surface area contributed by atoms with Gasteiger partial charge in [0.1, 0.15) is 6.10 Å². The van der Waals surface area contributed by atoms with Crippen LogP contribution in [0.25, 0.3) is 0 Å². The van der Waals surface area contributed by atoms with E-state index in [1.807, 2.05) is 6.92 Å². The van der Waals surface area contributed by atoms with Crippen LogP contribution in [0.3, 0.4) is 0 Å². The highest BCUT2D eigenvalue weighted by Crippen LogP contribution is 1.85. The lowest BCUT2D eigenvalue weighted by atomic mass is 10.3. The third-order valence-corrected chi connectivity index (χ3v) is 0.837. The molecule has 2 heteroatoms. The Morgan fingerprint density at radius 3 is 2.57 bits per heavy atom. The molecule has 0 amide bonds. The molecule has 0 aromatic heterocycles. The summed E-state index contributed by atoms with van der Waals surface area (Å²) >= 11 is 2.87. The maximum Gasteiger partial charge on any atom is 0.115 e. The van der Waals surface area contributed by atoms with Gasteiger partial charge in [0, 0.05) is 15.9 Å². The van der Waals surface area contributed by atoms with Crippen molar-refractivity contribution >= 4 is 15.9 Å². The van der Waals surface area contributed by atoms with Crippen molar-refractivity contribution in [2.75, 3.05) is 0 Å². The average molecular weight is 163 g/mol. The predicted octanol–water partition coefficient (Wildman–Crippen LogP) is 1.11. The number of aliphatic hydroxyl groups is 1. The minimum Gasteiger partial charge on any atom is -0.380 e. The summed E-state index contributed by atoms with van der Waals surface area (Å²) in [6.07, 6.45) is 0.234. The van der Waals surface area contributed by atoms with Crippen molar-refractivity contribution in [1.82, 2.24) is 0 Å². The first kappa shape index (κ1) is 7.00. The zero-order chi connectivity index (χ0) is 5.70. The molecule has 40 valence electrons. The van der Waals surface area contributed by atoms with Crippen molar-refractivity contribution in [2.24, 2.45) is 0 Å². The zero-order valence-electron chi connectivity index (χ0n) is 4.11. The highest BCUT2D eigenvalue weighted by atomic mass is 79.9. The van der Waals surface area contributed by atoms with Crippen LogP contribution in [0.5, 0.6) is 0 Å². The molecular weight excluding hydrogens is 156 g/mol. The van der Waals surface area contributed by atoms with Gasteiger partial charge in [0.15, 0.2) is 0 Å². The van der Waals surface area contributed by atoms with E-state index >= 15 is 0 Å². The van der Waals surface area contributed by atoms with E-state index in [0.717, 1.165) is 0 Å². The van der Waals surface area contributed by atoms with Crippen molar-refractivity contribution < 1.29 is 5.11 Å². The lowest BCUT2D eigenvalue weighted by Crippen LogP contribution is -1.97. The van der Waals surface area contributed by atoms with E-state index in [1.54, 1.807) is 0 Å². The Morgan fingerprint density at radius 1 is 1.86 bits per heavy atom. The molecule has 0 aliphatic carbocycles. The normalized spacial score (nSPS) is 11.9. The van der Waals surface area contributed by atoms with Crippen LogP contribution >= 0.6 is 15.9 Å². The number of aliphatic hydroxyl groups excluding tert-OH is 1. The van der Waals surface area contributed by atoms with Gasteiger partial charge in [-0.25, -0.2) is 0 Å². The third kappa shape index (κ3) is 3.84. The standard InChI is InChI=1S/C5H7BrO/c1-2-5(7)3-4-6/h5,7H,2H2,1H3/t5-/m0/s1. The van der Waals surface area contributed by atoms with E-state index < -0.39 is 6.10 Å². The lowest BCUT2D eigenvalue weighted by molar-refractivity contribution is 0.228. The molecule has 0 radical (unpaired) electrons. The van der Waals surface area contributed by atoms with Gasteiger partial charge in [0.2, 0.25) is 0 Å².